The largest absolute Gasteiger partial charge is 0.457 e. The molecule has 0 N–H and O–H groups in total. The number of rotatable bonds is 6. The number of sulfone groups is 1. The molecule has 3 heterocycles. The first-order valence-corrected chi connectivity index (χ1v) is 10.5. The van der Waals surface area contributed by atoms with E-state index in [0.29, 0.717) is 29.3 Å². The third kappa shape index (κ3) is 4.29. The van der Waals surface area contributed by atoms with Gasteiger partial charge in [0.05, 0.1) is 11.5 Å². The van der Waals surface area contributed by atoms with E-state index in [2.05, 4.69) is 5.16 Å². The van der Waals surface area contributed by atoms with E-state index in [1.54, 1.807) is 30.5 Å². The molecule has 8 nitrogen and oxygen atoms in total. The van der Waals surface area contributed by atoms with Gasteiger partial charge < -0.3 is 9.26 Å². The number of ether oxygens (including phenoxy) is 1. The number of hydrogen-bond donors (Lipinski definition) is 0. The SMILES string of the molecule is Cc1cc(-n2c(C)cc(C(=O)COC(=O)CC3CCS(=O)(=O)C3)c2C)no1. The van der Waals surface area contributed by atoms with Crippen molar-refractivity contribution in [3.8, 4) is 5.82 Å². The summed E-state index contributed by atoms with van der Waals surface area (Å²) >= 11 is 0. The summed E-state index contributed by atoms with van der Waals surface area (Å²) in [6, 6.07) is 3.49. The number of aryl methyl sites for hydroxylation is 2. The van der Waals surface area contributed by atoms with Crippen molar-refractivity contribution >= 4 is 21.6 Å². The number of aromatic nitrogens is 2. The van der Waals surface area contributed by atoms with Crippen LogP contribution in [0.25, 0.3) is 5.82 Å². The summed E-state index contributed by atoms with van der Waals surface area (Å²) in [7, 11) is -3.04. The maximum atomic E-state index is 12.5. The quantitative estimate of drug-likeness (QED) is 0.544. The molecule has 9 heteroatoms. The predicted molar refractivity (Wildman–Crippen MR) is 96.7 cm³/mol. The van der Waals surface area contributed by atoms with Gasteiger partial charge in [-0.15, -0.1) is 0 Å². The third-order valence-electron chi connectivity index (χ3n) is 4.72. The molecular weight excluding hydrogens is 372 g/mol. The van der Waals surface area contributed by atoms with Crippen LogP contribution in [-0.2, 0) is 19.4 Å². The Morgan fingerprint density at radius 2 is 2.04 bits per heavy atom. The molecule has 1 fully saturated rings. The molecule has 2 aromatic rings. The number of carbonyl (C=O) groups is 2. The topological polar surface area (TPSA) is 108 Å². The van der Waals surface area contributed by atoms with Gasteiger partial charge >= 0.3 is 5.97 Å². The number of Topliss-reactive ketones (excluding diaryl/α,β-unsaturated/α-hetero) is 1. The predicted octanol–water partition coefficient (Wildman–Crippen LogP) is 1.94. The Morgan fingerprint density at radius 1 is 1.30 bits per heavy atom. The van der Waals surface area contributed by atoms with Crippen LogP contribution >= 0.6 is 0 Å². The Hall–Kier alpha value is -2.42. The number of esters is 1. The normalized spacial score (nSPS) is 18.6. The highest BCUT2D eigenvalue weighted by Gasteiger charge is 2.30. The van der Waals surface area contributed by atoms with E-state index in [1.807, 2.05) is 6.92 Å². The summed E-state index contributed by atoms with van der Waals surface area (Å²) < 4.78 is 34.9. The molecule has 0 saturated carbocycles. The molecule has 146 valence electrons. The third-order valence-corrected chi connectivity index (χ3v) is 6.56. The molecule has 2 aromatic heterocycles. The van der Waals surface area contributed by atoms with Crippen LogP contribution in [0.3, 0.4) is 0 Å². The first-order valence-electron chi connectivity index (χ1n) is 8.68. The Bertz CT molecular complexity index is 986. The number of nitrogens with zero attached hydrogens (tertiary/aromatic N) is 2. The minimum atomic E-state index is -3.04. The average Bonchev–Trinajstić information content (AvgIpc) is 3.23. The zero-order valence-corrected chi connectivity index (χ0v) is 16.3. The number of hydrogen-bond acceptors (Lipinski definition) is 7. The summed E-state index contributed by atoms with van der Waals surface area (Å²) in [6.45, 7) is 5.04. The summed E-state index contributed by atoms with van der Waals surface area (Å²) in [6.07, 6.45) is 0.480. The van der Waals surface area contributed by atoms with Crippen molar-refractivity contribution in [3.05, 3.63) is 34.8 Å². The molecule has 0 aliphatic carbocycles. The molecule has 3 rings (SSSR count). The van der Waals surface area contributed by atoms with Crippen molar-refractivity contribution in [2.75, 3.05) is 18.1 Å². The first-order chi connectivity index (χ1) is 12.7. The van der Waals surface area contributed by atoms with E-state index in [4.69, 9.17) is 9.26 Å². The Kier molecular flexibility index (Phi) is 5.23. The molecule has 1 saturated heterocycles. The summed E-state index contributed by atoms with van der Waals surface area (Å²) in [5, 5.41) is 3.97. The maximum absolute atomic E-state index is 12.5. The second kappa shape index (κ2) is 7.30. The zero-order valence-electron chi connectivity index (χ0n) is 15.5. The van der Waals surface area contributed by atoms with E-state index < -0.39 is 15.8 Å². The van der Waals surface area contributed by atoms with E-state index in [9.17, 15) is 18.0 Å². The fraction of sp³-hybridized carbons (Fsp3) is 0.500. The fourth-order valence-corrected chi connectivity index (χ4v) is 5.27. The van der Waals surface area contributed by atoms with E-state index in [0.717, 1.165) is 5.69 Å². The number of ketones is 1. The highest BCUT2D eigenvalue weighted by Crippen LogP contribution is 2.23. The van der Waals surface area contributed by atoms with Crippen LogP contribution in [0.1, 0.15) is 40.3 Å². The molecule has 0 amide bonds. The highest BCUT2D eigenvalue weighted by molar-refractivity contribution is 7.91. The molecule has 0 spiro atoms. The van der Waals surface area contributed by atoms with E-state index in [-0.39, 0.29) is 36.2 Å². The van der Waals surface area contributed by atoms with Gasteiger partial charge in [0, 0.05) is 29.4 Å². The molecule has 0 aromatic carbocycles. The monoisotopic (exact) mass is 394 g/mol. The first kappa shape index (κ1) is 19.3. The lowest BCUT2D eigenvalue weighted by Gasteiger charge is -2.08. The van der Waals surface area contributed by atoms with Crippen LogP contribution in [0.2, 0.25) is 0 Å². The van der Waals surface area contributed by atoms with Crippen LogP contribution < -0.4 is 0 Å². The lowest BCUT2D eigenvalue weighted by atomic mass is 10.1. The van der Waals surface area contributed by atoms with Gasteiger partial charge in [0.2, 0.25) is 5.78 Å². The van der Waals surface area contributed by atoms with Crippen molar-refractivity contribution in [3.63, 3.8) is 0 Å². The molecule has 1 atom stereocenters. The van der Waals surface area contributed by atoms with Gasteiger partial charge in [0.1, 0.15) is 5.76 Å². The lowest BCUT2D eigenvalue weighted by molar-refractivity contribution is -0.143. The van der Waals surface area contributed by atoms with Crippen LogP contribution in [0, 0.1) is 26.7 Å². The van der Waals surface area contributed by atoms with Crippen LogP contribution in [-0.4, -0.2) is 48.0 Å². The van der Waals surface area contributed by atoms with Gasteiger partial charge in [-0.25, -0.2) is 8.42 Å². The van der Waals surface area contributed by atoms with Gasteiger partial charge in [0.15, 0.2) is 22.3 Å². The van der Waals surface area contributed by atoms with Crippen molar-refractivity contribution in [2.45, 2.75) is 33.6 Å². The lowest BCUT2D eigenvalue weighted by Crippen LogP contribution is -2.18. The minimum absolute atomic E-state index is 0.00825. The smallest absolute Gasteiger partial charge is 0.306 e. The number of carbonyl (C=O) groups excluding carboxylic acids is 2. The molecule has 1 aliphatic heterocycles. The van der Waals surface area contributed by atoms with Gasteiger partial charge in [-0.05, 0) is 39.2 Å². The van der Waals surface area contributed by atoms with E-state index >= 15 is 0 Å². The van der Waals surface area contributed by atoms with Gasteiger partial charge in [0.25, 0.3) is 0 Å². The van der Waals surface area contributed by atoms with Crippen LogP contribution in [0.5, 0.6) is 0 Å². The van der Waals surface area contributed by atoms with Crippen molar-refractivity contribution < 1.29 is 27.3 Å². The van der Waals surface area contributed by atoms with Gasteiger partial charge in [-0.3, -0.25) is 14.2 Å². The molecule has 0 bridgehead atoms. The highest BCUT2D eigenvalue weighted by atomic mass is 32.2. The average molecular weight is 394 g/mol. The zero-order chi connectivity index (χ0) is 19.8. The Labute approximate surface area is 157 Å². The van der Waals surface area contributed by atoms with Crippen LogP contribution in [0.15, 0.2) is 16.7 Å². The minimum Gasteiger partial charge on any atom is -0.457 e. The van der Waals surface area contributed by atoms with Crippen LogP contribution in [0.4, 0.5) is 0 Å². The van der Waals surface area contributed by atoms with Crippen molar-refractivity contribution in [1.82, 2.24) is 9.72 Å². The summed E-state index contributed by atoms with van der Waals surface area (Å²) in [4.78, 5) is 24.4. The second-order valence-electron chi connectivity index (χ2n) is 6.97. The fourth-order valence-electron chi connectivity index (χ4n) is 3.41. The molecule has 1 unspecified atom stereocenters. The molecular formula is C18H22N2O6S. The van der Waals surface area contributed by atoms with Gasteiger partial charge in [-0.1, -0.05) is 5.16 Å². The van der Waals surface area contributed by atoms with Crippen molar-refractivity contribution in [1.29, 1.82) is 0 Å². The Balaban J connectivity index is 1.62. The maximum Gasteiger partial charge on any atom is 0.306 e. The Morgan fingerprint density at radius 3 is 2.63 bits per heavy atom. The van der Waals surface area contributed by atoms with Crippen molar-refractivity contribution in [2.24, 2.45) is 5.92 Å². The molecule has 1 aliphatic rings. The molecule has 0 radical (unpaired) electrons. The standard InChI is InChI=1S/C18H22N2O6S/c1-11-6-15(13(3)20(11)17-7-12(2)26-19-17)16(21)9-25-18(22)8-14-4-5-27(23,24)10-14/h6-7,14H,4-5,8-10H2,1-3H3. The summed E-state index contributed by atoms with van der Waals surface area (Å²) in [5.41, 5.74) is 1.94. The second-order valence-corrected chi connectivity index (χ2v) is 9.20. The van der Waals surface area contributed by atoms with Gasteiger partial charge in [-0.2, -0.15) is 0 Å². The van der Waals surface area contributed by atoms with E-state index in [1.165, 1.54) is 0 Å². The summed E-state index contributed by atoms with van der Waals surface area (Å²) in [5.74, 6) is 0.270. The molecule has 27 heavy (non-hydrogen) atoms.